The average molecular weight is 232 g/mol. The lowest BCUT2D eigenvalue weighted by molar-refractivity contribution is 0.128. The quantitative estimate of drug-likeness (QED) is 0.342. The summed E-state index contributed by atoms with van der Waals surface area (Å²) in [5.41, 5.74) is 9.64. The number of nitrogens with two attached hydrogens (primary N) is 1. The van der Waals surface area contributed by atoms with Gasteiger partial charge >= 0.3 is 0 Å². The molecular weight excluding hydrogens is 216 g/mol. The zero-order chi connectivity index (χ0) is 12.3. The van der Waals surface area contributed by atoms with E-state index < -0.39 is 0 Å². The highest BCUT2D eigenvalue weighted by Crippen LogP contribution is 2.13. The Labute approximate surface area is 101 Å². The first-order valence-electron chi connectivity index (χ1n) is 5.16. The summed E-state index contributed by atoms with van der Waals surface area (Å²) in [7, 11) is 1.55. The highest BCUT2D eigenvalue weighted by Gasteiger charge is 1.86. The van der Waals surface area contributed by atoms with Gasteiger partial charge in [0.15, 0.2) is 0 Å². The third kappa shape index (κ3) is 6.11. The number of rotatable bonds is 6. The zero-order valence-electron chi connectivity index (χ0n) is 9.71. The van der Waals surface area contributed by atoms with E-state index in [0.717, 1.165) is 11.4 Å². The van der Waals surface area contributed by atoms with Crippen LogP contribution in [0.1, 0.15) is 0 Å². The number of anilines is 1. The molecule has 0 atom stereocenters. The van der Waals surface area contributed by atoms with Crippen LogP contribution in [0.15, 0.2) is 58.9 Å². The third-order valence-corrected chi connectivity index (χ3v) is 1.80. The molecule has 0 aromatic heterocycles. The lowest BCUT2D eigenvalue weighted by Gasteiger charge is -1.92. The number of nitrogens with one attached hydrogen (secondary N) is 1. The Balaban J connectivity index is 2.28. The first-order chi connectivity index (χ1) is 8.33. The van der Waals surface area contributed by atoms with Crippen LogP contribution in [0.5, 0.6) is 0 Å². The largest absolute Gasteiger partial charge is 0.399 e. The van der Waals surface area contributed by atoms with Crippen molar-refractivity contribution in [1.29, 1.82) is 0 Å². The molecule has 0 bridgehead atoms. The van der Waals surface area contributed by atoms with E-state index in [1.807, 2.05) is 30.4 Å². The van der Waals surface area contributed by atoms with E-state index >= 15 is 0 Å². The molecule has 0 saturated carbocycles. The summed E-state index contributed by atoms with van der Waals surface area (Å²) in [5.74, 6) is 0. The minimum atomic E-state index is 0.529. The zero-order valence-corrected chi connectivity index (χ0v) is 9.71. The number of hydrogen-bond acceptors (Lipinski definition) is 5. The molecule has 1 aromatic rings. The van der Waals surface area contributed by atoms with Crippen molar-refractivity contribution in [3.63, 3.8) is 0 Å². The Kier molecular flexibility index (Phi) is 6.13. The number of benzene rings is 1. The molecule has 5 heteroatoms. The minimum Gasteiger partial charge on any atom is -0.399 e. The van der Waals surface area contributed by atoms with Crippen molar-refractivity contribution in [2.75, 3.05) is 19.4 Å². The molecule has 3 N–H and O–H groups in total. The van der Waals surface area contributed by atoms with E-state index in [9.17, 15) is 0 Å². The molecular formula is C12H16N4O. The topological polar surface area (TPSA) is 72.0 Å². The van der Waals surface area contributed by atoms with E-state index in [2.05, 4.69) is 20.5 Å². The van der Waals surface area contributed by atoms with Gasteiger partial charge in [0.05, 0.1) is 19.3 Å². The number of nitrogens with zero attached hydrogens (tertiary/aromatic N) is 2. The Morgan fingerprint density at radius 1 is 1.29 bits per heavy atom. The molecule has 0 aliphatic carbocycles. The molecule has 0 heterocycles. The second-order valence-electron chi connectivity index (χ2n) is 3.12. The molecule has 0 aliphatic rings. The van der Waals surface area contributed by atoms with Gasteiger partial charge in [0, 0.05) is 11.9 Å². The van der Waals surface area contributed by atoms with Crippen LogP contribution in [-0.2, 0) is 4.84 Å². The summed E-state index contributed by atoms with van der Waals surface area (Å²) in [6.07, 6.45) is 7.22. The molecule has 0 amide bonds. The molecule has 0 radical (unpaired) electrons. The number of allylic oxidation sites excluding steroid dienone is 2. The number of azo groups is 1. The van der Waals surface area contributed by atoms with Gasteiger partial charge in [-0.25, -0.2) is 0 Å². The highest BCUT2D eigenvalue weighted by atomic mass is 16.6. The normalized spacial score (nSPS) is 11.8. The highest BCUT2D eigenvalue weighted by molar-refractivity contribution is 5.47. The molecule has 0 aliphatic heterocycles. The van der Waals surface area contributed by atoms with E-state index in [0.29, 0.717) is 6.54 Å². The Morgan fingerprint density at radius 3 is 2.76 bits per heavy atom. The van der Waals surface area contributed by atoms with Gasteiger partial charge in [-0.1, -0.05) is 12.2 Å². The summed E-state index contributed by atoms with van der Waals surface area (Å²) in [6.45, 7) is 0.529. The number of hydroxylamine groups is 1. The van der Waals surface area contributed by atoms with Crippen molar-refractivity contribution in [2.45, 2.75) is 0 Å². The van der Waals surface area contributed by atoms with Crippen molar-refractivity contribution in [2.24, 2.45) is 10.2 Å². The van der Waals surface area contributed by atoms with Gasteiger partial charge in [-0.2, -0.15) is 10.2 Å². The van der Waals surface area contributed by atoms with Gasteiger partial charge in [-0.05, 0) is 30.3 Å². The standard InChI is InChI=1S/C12H16N4O/c1-17-15-10-4-2-3-9-14-16-12-7-5-11(13)6-8-12/h2-8,10,15H,9,13H2,1H3/b3-2-,10-4-,16-14?. The van der Waals surface area contributed by atoms with Crippen LogP contribution in [0.25, 0.3) is 0 Å². The van der Waals surface area contributed by atoms with Crippen LogP contribution in [0.2, 0.25) is 0 Å². The van der Waals surface area contributed by atoms with Gasteiger partial charge in [-0.3, -0.25) is 10.3 Å². The third-order valence-electron chi connectivity index (χ3n) is 1.80. The molecule has 0 unspecified atom stereocenters. The van der Waals surface area contributed by atoms with Gasteiger partial charge in [0.25, 0.3) is 0 Å². The maximum Gasteiger partial charge on any atom is 0.0854 e. The van der Waals surface area contributed by atoms with Gasteiger partial charge in [0.1, 0.15) is 0 Å². The fraction of sp³-hybridized carbons (Fsp3) is 0.167. The summed E-state index contributed by atoms with van der Waals surface area (Å²) >= 11 is 0. The fourth-order valence-electron chi connectivity index (χ4n) is 1.01. The van der Waals surface area contributed by atoms with Crippen molar-refractivity contribution in [3.8, 4) is 0 Å². The van der Waals surface area contributed by atoms with Crippen LogP contribution >= 0.6 is 0 Å². The van der Waals surface area contributed by atoms with Crippen LogP contribution in [0.3, 0.4) is 0 Å². The maximum absolute atomic E-state index is 5.55. The summed E-state index contributed by atoms with van der Waals surface area (Å²) in [4.78, 5) is 4.61. The summed E-state index contributed by atoms with van der Waals surface area (Å²) < 4.78 is 0. The minimum absolute atomic E-state index is 0.529. The molecule has 90 valence electrons. The predicted octanol–water partition coefficient (Wildman–Crippen LogP) is 2.57. The Morgan fingerprint density at radius 2 is 2.06 bits per heavy atom. The summed E-state index contributed by atoms with van der Waals surface area (Å²) in [5, 5.41) is 8.04. The first-order valence-corrected chi connectivity index (χ1v) is 5.16. The van der Waals surface area contributed by atoms with Crippen molar-refractivity contribution >= 4 is 11.4 Å². The summed E-state index contributed by atoms with van der Waals surface area (Å²) in [6, 6.07) is 7.24. The fourth-order valence-corrected chi connectivity index (χ4v) is 1.01. The molecule has 0 fully saturated rings. The van der Waals surface area contributed by atoms with E-state index in [4.69, 9.17) is 5.73 Å². The molecule has 1 aromatic carbocycles. The lowest BCUT2D eigenvalue weighted by Crippen LogP contribution is -1.99. The van der Waals surface area contributed by atoms with Gasteiger partial charge < -0.3 is 5.73 Å². The predicted molar refractivity (Wildman–Crippen MR) is 68.7 cm³/mol. The van der Waals surface area contributed by atoms with Crippen molar-refractivity contribution < 1.29 is 4.84 Å². The molecule has 1 rings (SSSR count). The van der Waals surface area contributed by atoms with Gasteiger partial charge in [-0.15, -0.1) is 0 Å². The second-order valence-corrected chi connectivity index (χ2v) is 3.12. The lowest BCUT2D eigenvalue weighted by atomic mass is 10.3. The van der Waals surface area contributed by atoms with Crippen molar-refractivity contribution in [3.05, 3.63) is 48.7 Å². The van der Waals surface area contributed by atoms with Crippen LogP contribution < -0.4 is 11.2 Å². The second kappa shape index (κ2) is 8.06. The number of nitrogen functional groups attached to an aromatic ring is 1. The van der Waals surface area contributed by atoms with Crippen LogP contribution in [-0.4, -0.2) is 13.7 Å². The molecule has 5 nitrogen and oxygen atoms in total. The monoisotopic (exact) mass is 232 g/mol. The van der Waals surface area contributed by atoms with E-state index in [1.54, 1.807) is 25.4 Å². The molecule has 17 heavy (non-hydrogen) atoms. The smallest absolute Gasteiger partial charge is 0.0854 e. The van der Waals surface area contributed by atoms with Crippen LogP contribution in [0, 0.1) is 0 Å². The van der Waals surface area contributed by atoms with E-state index in [1.165, 1.54) is 0 Å². The van der Waals surface area contributed by atoms with Crippen LogP contribution in [0.4, 0.5) is 11.4 Å². The maximum atomic E-state index is 5.55. The number of hydrogen-bond donors (Lipinski definition) is 2. The molecule has 0 saturated heterocycles. The Bertz CT molecular complexity index is 395. The molecule has 0 spiro atoms. The first kappa shape index (κ1) is 12.9. The van der Waals surface area contributed by atoms with Gasteiger partial charge in [0.2, 0.25) is 0 Å². The van der Waals surface area contributed by atoms with E-state index in [-0.39, 0.29) is 0 Å². The Hall–Kier alpha value is -2.14. The average Bonchev–Trinajstić information content (AvgIpc) is 2.35. The SMILES string of the molecule is CON/C=C\C=C/CN=Nc1ccc(N)cc1. The van der Waals surface area contributed by atoms with Crippen molar-refractivity contribution in [1.82, 2.24) is 5.48 Å².